The van der Waals surface area contributed by atoms with Crippen molar-refractivity contribution in [2.75, 3.05) is 19.0 Å². The lowest BCUT2D eigenvalue weighted by molar-refractivity contribution is 0.0563. The Hall–Kier alpha value is -2.94. The molecular formula is C15H14N2O4. The van der Waals surface area contributed by atoms with Crippen LogP contribution in [0.3, 0.4) is 0 Å². The van der Waals surface area contributed by atoms with E-state index in [0.29, 0.717) is 17.9 Å². The van der Waals surface area contributed by atoms with Gasteiger partial charge in [0.2, 0.25) is 5.76 Å². The highest BCUT2D eigenvalue weighted by molar-refractivity contribution is 5.87. The Bertz CT molecular complexity index is 658. The molecule has 0 aliphatic heterocycles. The Morgan fingerprint density at radius 3 is 3.05 bits per heavy atom. The summed E-state index contributed by atoms with van der Waals surface area (Å²) in [5.41, 5.74) is 1.51. The lowest BCUT2D eigenvalue weighted by atomic mass is 10.2. The van der Waals surface area contributed by atoms with Crippen LogP contribution in [0, 0.1) is 11.3 Å². The molecule has 2 rings (SSSR count). The minimum Gasteiger partial charge on any atom is -0.479 e. The van der Waals surface area contributed by atoms with E-state index in [-0.39, 0.29) is 12.4 Å². The summed E-state index contributed by atoms with van der Waals surface area (Å²) in [5, 5.41) is 11.6. The molecular weight excluding hydrogens is 272 g/mol. The molecule has 0 spiro atoms. The van der Waals surface area contributed by atoms with E-state index in [0.717, 1.165) is 5.69 Å². The second kappa shape index (κ2) is 7.01. The van der Waals surface area contributed by atoms with Crippen molar-refractivity contribution in [2.24, 2.45) is 0 Å². The molecule has 0 saturated heterocycles. The van der Waals surface area contributed by atoms with Crippen LogP contribution in [-0.2, 0) is 11.3 Å². The monoisotopic (exact) mass is 286 g/mol. The largest absolute Gasteiger partial charge is 0.479 e. The number of esters is 1. The standard InChI is InChI=1S/C15H14N2O4/c1-19-15(18)14-11(5-7-21-14)10-17-12-3-2-4-13(9-12)20-8-6-16/h2-5,7,9,17H,8,10H2,1H3. The van der Waals surface area contributed by atoms with Gasteiger partial charge in [-0.3, -0.25) is 0 Å². The summed E-state index contributed by atoms with van der Waals surface area (Å²) in [6.07, 6.45) is 1.44. The van der Waals surface area contributed by atoms with E-state index < -0.39 is 5.97 Å². The van der Waals surface area contributed by atoms with Crippen molar-refractivity contribution in [2.45, 2.75) is 6.54 Å². The molecule has 0 aliphatic carbocycles. The summed E-state index contributed by atoms with van der Waals surface area (Å²) in [5.74, 6) is 0.270. The van der Waals surface area contributed by atoms with Crippen LogP contribution >= 0.6 is 0 Å². The maximum atomic E-state index is 11.5. The number of nitrogens with zero attached hydrogens (tertiary/aromatic N) is 1. The van der Waals surface area contributed by atoms with E-state index in [2.05, 4.69) is 10.1 Å². The highest BCUT2D eigenvalue weighted by atomic mass is 16.5. The molecule has 0 amide bonds. The van der Waals surface area contributed by atoms with Gasteiger partial charge in [0.05, 0.1) is 13.4 Å². The summed E-state index contributed by atoms with van der Waals surface area (Å²) in [6.45, 7) is 0.403. The van der Waals surface area contributed by atoms with Gasteiger partial charge in [0, 0.05) is 23.9 Å². The van der Waals surface area contributed by atoms with Crippen molar-refractivity contribution in [1.82, 2.24) is 0 Å². The third-order valence-electron chi connectivity index (χ3n) is 2.74. The minimum absolute atomic E-state index is 0.00231. The first-order chi connectivity index (χ1) is 10.2. The maximum absolute atomic E-state index is 11.5. The van der Waals surface area contributed by atoms with Crippen molar-refractivity contribution in [1.29, 1.82) is 5.26 Å². The zero-order valence-corrected chi connectivity index (χ0v) is 11.5. The van der Waals surface area contributed by atoms with Gasteiger partial charge < -0.3 is 19.2 Å². The summed E-state index contributed by atoms with van der Waals surface area (Å²) >= 11 is 0. The fourth-order valence-corrected chi connectivity index (χ4v) is 1.76. The van der Waals surface area contributed by atoms with Gasteiger partial charge in [-0.25, -0.2) is 4.79 Å². The summed E-state index contributed by atoms with van der Waals surface area (Å²) in [6, 6.07) is 10.8. The molecule has 0 fully saturated rings. The Balaban J connectivity index is 2.02. The Morgan fingerprint density at radius 2 is 2.29 bits per heavy atom. The van der Waals surface area contributed by atoms with Crippen LogP contribution in [0.2, 0.25) is 0 Å². The summed E-state index contributed by atoms with van der Waals surface area (Å²) in [7, 11) is 1.30. The first kappa shape index (κ1) is 14.5. The molecule has 1 aromatic heterocycles. The highest BCUT2D eigenvalue weighted by Gasteiger charge is 2.15. The first-order valence-electron chi connectivity index (χ1n) is 6.23. The van der Waals surface area contributed by atoms with E-state index in [9.17, 15) is 4.79 Å². The predicted molar refractivity (Wildman–Crippen MR) is 74.9 cm³/mol. The van der Waals surface area contributed by atoms with Crippen LogP contribution in [0.1, 0.15) is 16.1 Å². The van der Waals surface area contributed by atoms with Crippen LogP contribution in [0.25, 0.3) is 0 Å². The van der Waals surface area contributed by atoms with Crippen LogP contribution in [0.15, 0.2) is 41.0 Å². The fraction of sp³-hybridized carbons (Fsp3) is 0.200. The van der Waals surface area contributed by atoms with Gasteiger partial charge in [-0.15, -0.1) is 0 Å². The number of rotatable bonds is 6. The highest BCUT2D eigenvalue weighted by Crippen LogP contribution is 2.19. The number of carbonyl (C=O) groups is 1. The van der Waals surface area contributed by atoms with Crippen molar-refractivity contribution in [3.05, 3.63) is 47.9 Å². The maximum Gasteiger partial charge on any atom is 0.374 e. The molecule has 1 heterocycles. The quantitative estimate of drug-likeness (QED) is 0.821. The van der Waals surface area contributed by atoms with Gasteiger partial charge in [-0.1, -0.05) is 6.07 Å². The van der Waals surface area contributed by atoms with Crippen LogP contribution < -0.4 is 10.1 Å². The predicted octanol–water partition coefficient (Wildman–Crippen LogP) is 2.58. The molecule has 21 heavy (non-hydrogen) atoms. The molecule has 0 bridgehead atoms. The number of hydrogen-bond donors (Lipinski definition) is 1. The first-order valence-corrected chi connectivity index (χ1v) is 6.23. The zero-order valence-electron chi connectivity index (χ0n) is 11.5. The minimum atomic E-state index is -0.511. The smallest absolute Gasteiger partial charge is 0.374 e. The van der Waals surface area contributed by atoms with Gasteiger partial charge in [0.25, 0.3) is 0 Å². The SMILES string of the molecule is COC(=O)c1occc1CNc1cccc(OCC#N)c1. The molecule has 0 aliphatic rings. The molecule has 2 aromatic rings. The van der Waals surface area contributed by atoms with Crippen LogP contribution in [0.4, 0.5) is 5.69 Å². The molecule has 0 saturated carbocycles. The van der Waals surface area contributed by atoms with E-state index in [1.807, 2.05) is 18.2 Å². The second-order valence-electron chi connectivity index (χ2n) is 4.09. The Labute approximate surface area is 121 Å². The number of anilines is 1. The van der Waals surface area contributed by atoms with Crippen LogP contribution in [-0.4, -0.2) is 19.7 Å². The number of methoxy groups -OCH3 is 1. The number of furan rings is 1. The number of nitriles is 1. The van der Waals surface area contributed by atoms with Gasteiger partial charge >= 0.3 is 5.97 Å². The molecule has 1 N–H and O–H groups in total. The van der Waals surface area contributed by atoms with Crippen molar-refractivity contribution < 1.29 is 18.7 Å². The number of hydrogen-bond acceptors (Lipinski definition) is 6. The van der Waals surface area contributed by atoms with Crippen molar-refractivity contribution in [3.8, 4) is 11.8 Å². The van der Waals surface area contributed by atoms with Crippen LogP contribution in [0.5, 0.6) is 5.75 Å². The number of carbonyl (C=O) groups excluding carboxylic acids is 1. The molecule has 0 unspecified atom stereocenters. The van der Waals surface area contributed by atoms with E-state index in [1.54, 1.807) is 18.2 Å². The van der Waals surface area contributed by atoms with E-state index >= 15 is 0 Å². The van der Waals surface area contributed by atoms with Crippen molar-refractivity contribution in [3.63, 3.8) is 0 Å². The molecule has 6 heteroatoms. The zero-order chi connectivity index (χ0) is 15.1. The Kier molecular flexibility index (Phi) is 4.83. The number of benzene rings is 1. The third-order valence-corrected chi connectivity index (χ3v) is 2.74. The van der Waals surface area contributed by atoms with Gasteiger partial charge in [0.15, 0.2) is 6.61 Å². The molecule has 0 radical (unpaired) electrons. The number of ether oxygens (including phenoxy) is 2. The molecule has 6 nitrogen and oxygen atoms in total. The average Bonchev–Trinajstić information content (AvgIpc) is 2.99. The number of nitrogens with one attached hydrogen (secondary N) is 1. The van der Waals surface area contributed by atoms with Gasteiger partial charge in [-0.05, 0) is 18.2 Å². The second-order valence-corrected chi connectivity index (χ2v) is 4.09. The third kappa shape index (κ3) is 3.76. The molecule has 1 aromatic carbocycles. The lowest BCUT2D eigenvalue weighted by Crippen LogP contribution is -2.06. The van der Waals surface area contributed by atoms with Gasteiger partial charge in [-0.2, -0.15) is 5.26 Å². The molecule has 0 atom stereocenters. The molecule has 108 valence electrons. The topological polar surface area (TPSA) is 84.5 Å². The Morgan fingerprint density at radius 1 is 1.43 bits per heavy atom. The summed E-state index contributed by atoms with van der Waals surface area (Å²) in [4.78, 5) is 11.5. The van der Waals surface area contributed by atoms with Gasteiger partial charge in [0.1, 0.15) is 11.8 Å². The normalized spacial score (nSPS) is 9.71. The van der Waals surface area contributed by atoms with E-state index in [4.69, 9.17) is 14.4 Å². The average molecular weight is 286 g/mol. The lowest BCUT2D eigenvalue weighted by Gasteiger charge is -2.08. The fourth-order valence-electron chi connectivity index (χ4n) is 1.76. The van der Waals surface area contributed by atoms with E-state index in [1.165, 1.54) is 13.4 Å². The van der Waals surface area contributed by atoms with Crippen molar-refractivity contribution >= 4 is 11.7 Å². The summed E-state index contributed by atoms with van der Waals surface area (Å²) < 4.78 is 15.0.